The van der Waals surface area contributed by atoms with Gasteiger partial charge in [-0.15, -0.1) is 0 Å². The Balaban J connectivity index is 1.69. The number of benzene rings is 2. The number of amides is 1. The highest BCUT2D eigenvalue weighted by atomic mass is 16.6. The molecule has 26 heavy (non-hydrogen) atoms. The van der Waals surface area contributed by atoms with Crippen molar-refractivity contribution in [3.63, 3.8) is 0 Å². The van der Waals surface area contributed by atoms with Crippen LogP contribution < -0.4 is 4.74 Å². The van der Waals surface area contributed by atoms with Gasteiger partial charge in [-0.05, 0) is 44.4 Å². The molecule has 1 amide bonds. The molecule has 0 saturated carbocycles. The van der Waals surface area contributed by atoms with Crippen LogP contribution in [0, 0.1) is 0 Å². The zero-order valence-corrected chi connectivity index (χ0v) is 15.5. The van der Waals surface area contributed by atoms with Crippen molar-refractivity contribution in [2.45, 2.75) is 45.9 Å². The van der Waals surface area contributed by atoms with Gasteiger partial charge >= 0.3 is 6.09 Å². The number of nitrogens with zero attached hydrogens (tertiary/aromatic N) is 1. The van der Waals surface area contributed by atoms with Gasteiger partial charge in [0, 0.05) is 18.2 Å². The molecular weight excluding hydrogens is 330 g/mol. The molecule has 0 atom stereocenters. The van der Waals surface area contributed by atoms with E-state index in [1.165, 1.54) is 0 Å². The van der Waals surface area contributed by atoms with Crippen molar-refractivity contribution >= 4 is 6.09 Å². The van der Waals surface area contributed by atoms with Crippen molar-refractivity contribution in [3.05, 3.63) is 59.2 Å². The molecule has 0 unspecified atom stereocenters. The molecule has 2 aromatic carbocycles. The van der Waals surface area contributed by atoms with Crippen molar-refractivity contribution in [1.82, 2.24) is 4.90 Å². The van der Waals surface area contributed by atoms with Crippen LogP contribution in [0.25, 0.3) is 0 Å². The molecule has 5 nitrogen and oxygen atoms in total. The van der Waals surface area contributed by atoms with Crippen LogP contribution in [0.5, 0.6) is 11.5 Å². The molecule has 0 aromatic heterocycles. The third kappa shape index (κ3) is 4.48. The molecule has 1 heterocycles. The van der Waals surface area contributed by atoms with Crippen LogP contribution in [0.15, 0.2) is 42.5 Å². The first-order chi connectivity index (χ1) is 12.3. The van der Waals surface area contributed by atoms with E-state index in [1.807, 2.05) is 57.2 Å². The lowest BCUT2D eigenvalue weighted by atomic mass is 9.98. The quantitative estimate of drug-likeness (QED) is 0.893. The fourth-order valence-electron chi connectivity index (χ4n) is 2.92. The Kier molecular flexibility index (Phi) is 5.07. The second kappa shape index (κ2) is 7.28. The second-order valence-electron chi connectivity index (χ2n) is 7.51. The Morgan fingerprint density at radius 2 is 1.92 bits per heavy atom. The minimum atomic E-state index is -0.533. The normalized spacial score (nSPS) is 13.9. The van der Waals surface area contributed by atoms with Gasteiger partial charge < -0.3 is 19.5 Å². The van der Waals surface area contributed by atoms with E-state index in [-0.39, 0.29) is 11.8 Å². The average molecular weight is 355 g/mol. The number of phenolic OH excluding ortho intramolecular Hbond substituents is 1. The van der Waals surface area contributed by atoms with Crippen molar-refractivity contribution < 1.29 is 19.4 Å². The topological polar surface area (TPSA) is 59.0 Å². The van der Waals surface area contributed by atoms with Crippen molar-refractivity contribution in [2.75, 3.05) is 6.54 Å². The first-order valence-electron chi connectivity index (χ1n) is 8.81. The molecule has 0 bridgehead atoms. The average Bonchev–Trinajstić information content (AvgIpc) is 2.59. The Labute approximate surface area is 154 Å². The zero-order chi connectivity index (χ0) is 18.7. The minimum absolute atomic E-state index is 0.152. The van der Waals surface area contributed by atoms with Crippen LogP contribution in [0.3, 0.4) is 0 Å². The highest BCUT2D eigenvalue weighted by Crippen LogP contribution is 2.33. The van der Waals surface area contributed by atoms with Crippen LogP contribution in [0.2, 0.25) is 0 Å². The van der Waals surface area contributed by atoms with Gasteiger partial charge in [-0.2, -0.15) is 0 Å². The number of carbonyl (C=O) groups is 1. The SMILES string of the molecule is CC(C)(C)OC(=O)N1CCc2cc(OCc3ccccc3)cc(O)c2C1. The van der Waals surface area contributed by atoms with E-state index < -0.39 is 5.60 Å². The Bertz CT molecular complexity index is 781. The highest BCUT2D eigenvalue weighted by Gasteiger charge is 2.27. The minimum Gasteiger partial charge on any atom is -0.507 e. The number of phenols is 1. The molecule has 0 radical (unpaired) electrons. The molecular formula is C21H25NO4. The van der Waals surface area contributed by atoms with E-state index in [2.05, 4.69) is 0 Å². The lowest BCUT2D eigenvalue weighted by Gasteiger charge is -2.31. The lowest BCUT2D eigenvalue weighted by Crippen LogP contribution is -2.39. The fraction of sp³-hybridized carbons (Fsp3) is 0.381. The summed E-state index contributed by atoms with van der Waals surface area (Å²) >= 11 is 0. The van der Waals surface area contributed by atoms with Crippen molar-refractivity contribution in [1.29, 1.82) is 0 Å². The molecule has 0 aliphatic carbocycles. The molecule has 138 valence electrons. The summed E-state index contributed by atoms with van der Waals surface area (Å²) in [6, 6.07) is 13.5. The fourth-order valence-corrected chi connectivity index (χ4v) is 2.92. The summed E-state index contributed by atoms with van der Waals surface area (Å²) in [4.78, 5) is 13.9. The molecule has 0 saturated heterocycles. The van der Waals surface area contributed by atoms with Crippen LogP contribution in [0.1, 0.15) is 37.5 Å². The molecule has 0 fully saturated rings. The number of carbonyl (C=O) groups excluding carboxylic acids is 1. The van der Waals surface area contributed by atoms with Crippen LogP contribution >= 0.6 is 0 Å². The second-order valence-corrected chi connectivity index (χ2v) is 7.51. The molecule has 3 rings (SSSR count). The molecule has 1 aliphatic rings. The van der Waals surface area contributed by atoms with E-state index in [0.717, 1.165) is 16.7 Å². The van der Waals surface area contributed by atoms with Crippen molar-refractivity contribution in [3.8, 4) is 11.5 Å². The molecule has 1 N–H and O–H groups in total. The lowest BCUT2D eigenvalue weighted by molar-refractivity contribution is 0.0222. The highest BCUT2D eigenvalue weighted by molar-refractivity contribution is 5.69. The van der Waals surface area contributed by atoms with Gasteiger partial charge in [0.2, 0.25) is 0 Å². The number of fused-ring (bicyclic) bond motifs is 1. The van der Waals surface area contributed by atoms with Gasteiger partial charge in [-0.3, -0.25) is 0 Å². The van der Waals surface area contributed by atoms with Crippen LogP contribution in [-0.2, 0) is 24.3 Å². The van der Waals surface area contributed by atoms with Crippen LogP contribution in [-0.4, -0.2) is 28.2 Å². The zero-order valence-electron chi connectivity index (χ0n) is 15.5. The first-order valence-corrected chi connectivity index (χ1v) is 8.81. The van der Waals surface area contributed by atoms with E-state index in [4.69, 9.17) is 9.47 Å². The Morgan fingerprint density at radius 1 is 1.19 bits per heavy atom. The van der Waals surface area contributed by atoms with E-state index in [9.17, 15) is 9.90 Å². The van der Waals surface area contributed by atoms with Gasteiger partial charge in [-0.25, -0.2) is 4.79 Å². The number of ether oxygens (including phenoxy) is 2. The largest absolute Gasteiger partial charge is 0.507 e. The summed E-state index contributed by atoms with van der Waals surface area (Å²) in [7, 11) is 0. The number of hydrogen-bond acceptors (Lipinski definition) is 4. The van der Waals surface area contributed by atoms with Gasteiger partial charge in [0.15, 0.2) is 0 Å². The molecule has 0 spiro atoms. The van der Waals surface area contributed by atoms with E-state index >= 15 is 0 Å². The van der Waals surface area contributed by atoms with Gasteiger partial charge in [0.25, 0.3) is 0 Å². The van der Waals surface area contributed by atoms with Crippen molar-refractivity contribution in [2.24, 2.45) is 0 Å². The monoisotopic (exact) mass is 355 g/mol. The van der Waals surface area contributed by atoms with Crippen LogP contribution in [0.4, 0.5) is 4.79 Å². The summed E-state index contributed by atoms with van der Waals surface area (Å²) in [5.74, 6) is 0.787. The maximum Gasteiger partial charge on any atom is 0.410 e. The summed E-state index contributed by atoms with van der Waals surface area (Å²) < 4.78 is 11.2. The molecule has 2 aromatic rings. The van der Waals surface area contributed by atoms with Gasteiger partial charge in [-0.1, -0.05) is 30.3 Å². The predicted octanol–water partition coefficient (Wildman–Crippen LogP) is 4.26. The summed E-state index contributed by atoms with van der Waals surface area (Å²) in [6.45, 7) is 6.88. The van der Waals surface area contributed by atoms with E-state index in [1.54, 1.807) is 11.0 Å². The predicted molar refractivity (Wildman–Crippen MR) is 99.2 cm³/mol. The summed E-state index contributed by atoms with van der Waals surface area (Å²) in [5, 5.41) is 10.4. The molecule has 1 aliphatic heterocycles. The summed E-state index contributed by atoms with van der Waals surface area (Å²) in [5.41, 5.74) is 2.30. The molecule has 5 heteroatoms. The number of hydrogen-bond donors (Lipinski definition) is 1. The summed E-state index contributed by atoms with van der Waals surface area (Å²) in [6.07, 6.45) is 0.303. The number of rotatable bonds is 3. The van der Waals surface area contributed by atoms with Gasteiger partial charge in [0.1, 0.15) is 23.7 Å². The first kappa shape index (κ1) is 18.1. The van der Waals surface area contributed by atoms with Gasteiger partial charge in [0.05, 0.1) is 6.54 Å². The standard InChI is InChI=1S/C21H25NO4/c1-21(2,3)26-20(24)22-10-9-16-11-17(12-19(23)18(16)13-22)25-14-15-7-5-4-6-8-15/h4-8,11-12,23H,9-10,13-14H2,1-3H3. The maximum absolute atomic E-state index is 12.3. The smallest absolute Gasteiger partial charge is 0.410 e. The third-order valence-electron chi connectivity index (χ3n) is 4.19. The van der Waals surface area contributed by atoms with E-state index in [0.29, 0.717) is 31.9 Å². The maximum atomic E-state index is 12.3. The number of aromatic hydroxyl groups is 1. The Hall–Kier alpha value is -2.69. The Morgan fingerprint density at radius 3 is 2.62 bits per heavy atom. The third-order valence-corrected chi connectivity index (χ3v) is 4.19.